The lowest BCUT2D eigenvalue weighted by Gasteiger charge is -1.93. The molecule has 3 heteroatoms. The molecule has 2 aromatic heterocycles. The van der Waals surface area contributed by atoms with Crippen molar-refractivity contribution >= 4 is 17.1 Å². The molecule has 0 unspecified atom stereocenters. The van der Waals surface area contributed by atoms with E-state index in [4.69, 9.17) is 0 Å². The highest BCUT2D eigenvalue weighted by Gasteiger charge is 2.05. The number of carbonyl (C=O) groups is 1. The number of hydrogen-bond donors (Lipinski definition) is 0. The van der Waals surface area contributed by atoms with Gasteiger partial charge in [-0.1, -0.05) is 13.8 Å². The second kappa shape index (κ2) is 6.18. The normalized spacial score (nSPS) is 9.19. The van der Waals surface area contributed by atoms with E-state index in [1.54, 1.807) is 19.3 Å². The minimum absolute atomic E-state index is 0.121. The minimum Gasteiger partial charge on any atom is -0.294 e. The number of thiophene rings is 1. The van der Waals surface area contributed by atoms with Gasteiger partial charge >= 0.3 is 0 Å². The zero-order chi connectivity index (χ0) is 12.0. The number of Topliss-reactive ketones (excluding diaryl/α,β-unsaturated/α-hetero) is 1. The van der Waals surface area contributed by atoms with Gasteiger partial charge in [-0.05, 0) is 36.8 Å². The summed E-state index contributed by atoms with van der Waals surface area (Å²) >= 11 is 1.52. The number of nitrogens with zero attached hydrogens (tertiary/aromatic N) is 1. The summed E-state index contributed by atoms with van der Waals surface area (Å²) in [5.41, 5.74) is 1.11. The van der Waals surface area contributed by atoms with Crippen LogP contribution in [0.2, 0.25) is 0 Å². The second-order valence-corrected chi connectivity index (χ2v) is 4.04. The van der Waals surface area contributed by atoms with E-state index in [1.165, 1.54) is 11.3 Å². The van der Waals surface area contributed by atoms with E-state index in [2.05, 4.69) is 4.98 Å². The third-order valence-corrected chi connectivity index (χ3v) is 3.15. The van der Waals surface area contributed by atoms with E-state index in [1.807, 2.05) is 38.1 Å². The molecule has 84 valence electrons. The Balaban J connectivity index is 0.000000606. The molecule has 0 aliphatic rings. The monoisotopic (exact) mass is 233 g/mol. The maximum Gasteiger partial charge on any atom is 0.169 e. The largest absolute Gasteiger partial charge is 0.294 e. The molecule has 2 rings (SSSR count). The van der Waals surface area contributed by atoms with Crippen LogP contribution in [0.5, 0.6) is 0 Å². The number of rotatable bonds is 2. The maximum atomic E-state index is 11.1. The van der Waals surface area contributed by atoms with E-state index in [-0.39, 0.29) is 5.78 Å². The lowest BCUT2D eigenvalue weighted by atomic mass is 10.2. The van der Waals surface area contributed by atoms with Crippen LogP contribution in [0, 0.1) is 0 Å². The van der Waals surface area contributed by atoms with Gasteiger partial charge < -0.3 is 0 Å². The highest BCUT2D eigenvalue weighted by atomic mass is 32.1. The molecule has 0 saturated heterocycles. The highest BCUT2D eigenvalue weighted by Crippen LogP contribution is 2.27. The van der Waals surface area contributed by atoms with Crippen LogP contribution in [0.4, 0.5) is 0 Å². The van der Waals surface area contributed by atoms with Crippen molar-refractivity contribution < 1.29 is 4.79 Å². The van der Waals surface area contributed by atoms with E-state index in [0.29, 0.717) is 0 Å². The molecule has 0 aromatic carbocycles. The second-order valence-electron chi connectivity index (χ2n) is 2.96. The molecule has 2 aromatic rings. The summed E-state index contributed by atoms with van der Waals surface area (Å²) in [6.45, 7) is 5.59. The standard InChI is InChI=1S/C11H9NOS.C2H6/c1-8(13)10-2-3-11(14-10)9-4-6-12-7-5-9;1-2/h2-7H,1H3;1-2H3. The number of aromatic nitrogens is 1. The molecule has 0 bridgehead atoms. The van der Waals surface area contributed by atoms with Gasteiger partial charge in [0.05, 0.1) is 4.88 Å². The van der Waals surface area contributed by atoms with E-state index < -0.39 is 0 Å². The first-order chi connectivity index (χ1) is 7.77. The first kappa shape index (κ1) is 12.6. The number of carbonyl (C=O) groups excluding carboxylic acids is 1. The van der Waals surface area contributed by atoms with E-state index in [9.17, 15) is 4.79 Å². The number of pyridine rings is 1. The summed E-state index contributed by atoms with van der Waals surface area (Å²) in [5, 5.41) is 0. The van der Waals surface area contributed by atoms with Crippen molar-refractivity contribution in [2.75, 3.05) is 0 Å². The lowest BCUT2D eigenvalue weighted by molar-refractivity contribution is 0.102. The van der Waals surface area contributed by atoms with Crippen molar-refractivity contribution in [2.24, 2.45) is 0 Å². The predicted molar refractivity (Wildman–Crippen MR) is 68.9 cm³/mol. The summed E-state index contributed by atoms with van der Waals surface area (Å²) in [6.07, 6.45) is 3.50. The SMILES string of the molecule is CC.CC(=O)c1ccc(-c2ccncc2)s1. The van der Waals surface area contributed by atoms with Crippen molar-refractivity contribution in [1.82, 2.24) is 4.98 Å². The van der Waals surface area contributed by atoms with Crippen LogP contribution < -0.4 is 0 Å². The highest BCUT2D eigenvalue weighted by molar-refractivity contribution is 7.17. The third kappa shape index (κ3) is 3.00. The molecule has 0 saturated carbocycles. The van der Waals surface area contributed by atoms with E-state index >= 15 is 0 Å². The van der Waals surface area contributed by atoms with Crippen molar-refractivity contribution in [3.8, 4) is 10.4 Å². The van der Waals surface area contributed by atoms with Gasteiger partial charge in [0, 0.05) is 17.3 Å². The van der Waals surface area contributed by atoms with E-state index in [0.717, 1.165) is 15.3 Å². The van der Waals surface area contributed by atoms with Crippen LogP contribution in [0.3, 0.4) is 0 Å². The quantitative estimate of drug-likeness (QED) is 0.733. The summed E-state index contributed by atoms with van der Waals surface area (Å²) in [5.74, 6) is 0.121. The smallest absolute Gasteiger partial charge is 0.169 e. The van der Waals surface area contributed by atoms with Gasteiger partial charge in [0.2, 0.25) is 0 Å². The summed E-state index contributed by atoms with van der Waals surface area (Å²) in [7, 11) is 0. The fraction of sp³-hybridized carbons (Fsp3) is 0.231. The molecule has 0 atom stereocenters. The van der Waals surface area contributed by atoms with Crippen LogP contribution in [-0.4, -0.2) is 10.8 Å². The molecule has 0 amide bonds. The molecular weight excluding hydrogens is 218 g/mol. The predicted octanol–water partition coefficient (Wildman–Crippen LogP) is 4.04. The van der Waals surface area contributed by atoms with Crippen LogP contribution in [0.1, 0.15) is 30.4 Å². The Bertz CT molecular complexity index is 448. The summed E-state index contributed by atoms with van der Waals surface area (Å²) in [4.78, 5) is 17.0. The molecule has 0 aliphatic heterocycles. The van der Waals surface area contributed by atoms with Gasteiger partial charge in [-0.3, -0.25) is 9.78 Å². The number of hydrogen-bond acceptors (Lipinski definition) is 3. The lowest BCUT2D eigenvalue weighted by Crippen LogP contribution is -1.83. The molecule has 0 fully saturated rings. The van der Waals surface area contributed by atoms with Gasteiger partial charge in [-0.15, -0.1) is 11.3 Å². The van der Waals surface area contributed by atoms with Crippen molar-refractivity contribution in [1.29, 1.82) is 0 Å². The molecule has 0 spiro atoms. The van der Waals surface area contributed by atoms with Gasteiger partial charge in [-0.25, -0.2) is 0 Å². The van der Waals surface area contributed by atoms with Crippen molar-refractivity contribution in [3.63, 3.8) is 0 Å². The molecule has 0 aliphatic carbocycles. The first-order valence-corrected chi connectivity index (χ1v) is 6.10. The molecule has 0 radical (unpaired) electrons. The summed E-state index contributed by atoms with van der Waals surface area (Å²) < 4.78 is 0. The fourth-order valence-corrected chi connectivity index (χ4v) is 2.11. The van der Waals surface area contributed by atoms with Crippen molar-refractivity contribution in [2.45, 2.75) is 20.8 Å². The average molecular weight is 233 g/mol. The Morgan fingerprint density at radius 3 is 2.25 bits per heavy atom. The average Bonchev–Trinajstić information content (AvgIpc) is 2.82. The van der Waals surface area contributed by atoms with Gasteiger partial charge in [0.15, 0.2) is 5.78 Å². The van der Waals surface area contributed by atoms with Crippen LogP contribution >= 0.6 is 11.3 Å². The molecule has 2 nitrogen and oxygen atoms in total. The van der Waals surface area contributed by atoms with Gasteiger partial charge in [0.25, 0.3) is 0 Å². The van der Waals surface area contributed by atoms with Gasteiger partial charge in [-0.2, -0.15) is 0 Å². The first-order valence-electron chi connectivity index (χ1n) is 5.28. The zero-order valence-corrected chi connectivity index (χ0v) is 10.5. The minimum atomic E-state index is 0.121. The van der Waals surface area contributed by atoms with Crippen molar-refractivity contribution in [3.05, 3.63) is 41.5 Å². The Kier molecular flexibility index (Phi) is 4.86. The third-order valence-electron chi connectivity index (χ3n) is 1.92. The molecule has 2 heterocycles. The molecule has 0 N–H and O–H groups in total. The molecule has 16 heavy (non-hydrogen) atoms. The van der Waals surface area contributed by atoms with Gasteiger partial charge in [0.1, 0.15) is 0 Å². The van der Waals surface area contributed by atoms with Crippen LogP contribution in [-0.2, 0) is 0 Å². The Morgan fingerprint density at radius 2 is 1.75 bits per heavy atom. The van der Waals surface area contributed by atoms with Crippen LogP contribution in [0.25, 0.3) is 10.4 Å². The Morgan fingerprint density at radius 1 is 1.12 bits per heavy atom. The Hall–Kier alpha value is -1.48. The fourth-order valence-electron chi connectivity index (χ4n) is 1.20. The molecular formula is C13H15NOS. The number of ketones is 1. The maximum absolute atomic E-state index is 11.1. The van der Waals surface area contributed by atoms with Crippen LogP contribution in [0.15, 0.2) is 36.7 Å². The Labute approximate surface area is 100.0 Å². The zero-order valence-electron chi connectivity index (χ0n) is 9.73. The summed E-state index contributed by atoms with van der Waals surface area (Å²) in [6, 6.07) is 7.71. The topological polar surface area (TPSA) is 30.0 Å².